The third-order valence-corrected chi connectivity index (χ3v) is 4.74. The molecule has 1 heterocycles. The van der Waals surface area contributed by atoms with Crippen LogP contribution in [0.1, 0.15) is 15.9 Å². The number of nitrogens with one attached hydrogen (secondary N) is 1. The minimum atomic E-state index is -0.316. The molecule has 2 aromatic rings. The predicted octanol–water partition coefficient (Wildman–Crippen LogP) is 2.24. The molecule has 0 spiro atoms. The molecule has 1 saturated heterocycles. The van der Waals surface area contributed by atoms with Gasteiger partial charge in [0.25, 0.3) is 11.8 Å². The molecule has 3 rings (SSSR count). The van der Waals surface area contributed by atoms with E-state index in [2.05, 4.69) is 10.2 Å². The van der Waals surface area contributed by atoms with Crippen LogP contribution in [-0.4, -0.2) is 62.0 Å². The second-order valence-electron chi connectivity index (χ2n) is 6.72. The van der Waals surface area contributed by atoms with E-state index < -0.39 is 0 Å². The predicted molar refractivity (Wildman–Crippen MR) is 109 cm³/mol. The maximum atomic E-state index is 13.2. The van der Waals surface area contributed by atoms with Crippen LogP contribution in [0.2, 0.25) is 0 Å². The monoisotopic (exact) mass is 379 g/mol. The van der Waals surface area contributed by atoms with Gasteiger partial charge in [-0.25, -0.2) is 0 Å². The average Bonchev–Trinajstić information content (AvgIpc) is 2.74. The largest absolute Gasteiger partial charge is 0.496 e. The number of nitrogens with zero attached hydrogens (tertiary/aromatic N) is 2. The topological polar surface area (TPSA) is 61.9 Å². The lowest BCUT2D eigenvalue weighted by Gasteiger charge is -2.33. The van der Waals surface area contributed by atoms with Gasteiger partial charge in [-0.05, 0) is 31.3 Å². The van der Waals surface area contributed by atoms with E-state index in [1.165, 1.54) is 0 Å². The highest BCUT2D eigenvalue weighted by Crippen LogP contribution is 2.21. The van der Waals surface area contributed by atoms with Crippen LogP contribution >= 0.6 is 0 Å². The SMILES string of the molecule is COc1ccccc1/C=C(/NC(=O)c1ccccc1)C(=O)N1CCN(C)CC1. The van der Waals surface area contributed by atoms with E-state index in [-0.39, 0.29) is 17.5 Å². The standard InChI is InChI=1S/C22H25N3O3/c1-24-12-14-25(15-13-24)22(27)19(16-18-10-6-7-11-20(18)28-2)23-21(26)17-8-4-3-5-9-17/h3-11,16H,12-15H2,1-2H3,(H,23,26)/b19-16+. The van der Waals surface area contributed by atoms with Gasteiger partial charge in [0.1, 0.15) is 11.4 Å². The number of hydrogen-bond acceptors (Lipinski definition) is 4. The summed E-state index contributed by atoms with van der Waals surface area (Å²) in [4.78, 5) is 29.8. The summed E-state index contributed by atoms with van der Waals surface area (Å²) in [6.07, 6.45) is 1.68. The van der Waals surface area contributed by atoms with Crippen molar-refractivity contribution in [2.75, 3.05) is 40.3 Å². The Balaban J connectivity index is 1.90. The second-order valence-corrected chi connectivity index (χ2v) is 6.72. The molecule has 0 aromatic heterocycles. The fourth-order valence-electron chi connectivity index (χ4n) is 3.06. The molecule has 1 N–H and O–H groups in total. The van der Waals surface area contributed by atoms with E-state index in [0.717, 1.165) is 18.7 Å². The zero-order chi connectivity index (χ0) is 19.9. The number of carbonyl (C=O) groups is 2. The maximum Gasteiger partial charge on any atom is 0.270 e. The van der Waals surface area contributed by atoms with Crippen molar-refractivity contribution in [3.63, 3.8) is 0 Å². The van der Waals surface area contributed by atoms with Gasteiger partial charge in [0, 0.05) is 37.3 Å². The molecule has 1 fully saturated rings. The van der Waals surface area contributed by atoms with Gasteiger partial charge in [0.2, 0.25) is 0 Å². The minimum absolute atomic E-state index is 0.191. The van der Waals surface area contributed by atoms with Gasteiger partial charge in [0.15, 0.2) is 0 Å². The van der Waals surface area contributed by atoms with Gasteiger partial charge < -0.3 is 19.9 Å². The molecule has 0 saturated carbocycles. The van der Waals surface area contributed by atoms with Crippen LogP contribution in [0.15, 0.2) is 60.3 Å². The fourth-order valence-corrected chi connectivity index (χ4v) is 3.06. The first-order valence-electron chi connectivity index (χ1n) is 9.27. The number of benzene rings is 2. The first kappa shape index (κ1) is 19.6. The summed E-state index contributed by atoms with van der Waals surface area (Å²) in [6, 6.07) is 16.3. The van der Waals surface area contributed by atoms with Crippen molar-refractivity contribution in [2.24, 2.45) is 0 Å². The van der Waals surface area contributed by atoms with Gasteiger partial charge in [-0.2, -0.15) is 0 Å². The number of piperazine rings is 1. The molecule has 1 aliphatic rings. The highest BCUT2D eigenvalue weighted by atomic mass is 16.5. The summed E-state index contributed by atoms with van der Waals surface area (Å²) in [5.41, 5.74) is 1.47. The van der Waals surface area contributed by atoms with Crippen LogP contribution in [0.4, 0.5) is 0 Å². The zero-order valence-corrected chi connectivity index (χ0v) is 16.2. The maximum absolute atomic E-state index is 13.2. The number of carbonyl (C=O) groups excluding carboxylic acids is 2. The zero-order valence-electron chi connectivity index (χ0n) is 16.2. The van der Waals surface area contributed by atoms with Crippen LogP contribution in [0.3, 0.4) is 0 Å². The lowest BCUT2D eigenvalue weighted by Crippen LogP contribution is -2.49. The Hall–Kier alpha value is -3.12. The van der Waals surface area contributed by atoms with Crippen molar-refractivity contribution in [3.8, 4) is 5.75 Å². The third kappa shape index (κ3) is 4.78. The summed E-state index contributed by atoms with van der Waals surface area (Å²) < 4.78 is 5.39. The quantitative estimate of drug-likeness (QED) is 0.810. The number of ether oxygens (including phenoxy) is 1. The van der Waals surface area contributed by atoms with Crippen molar-refractivity contribution in [3.05, 3.63) is 71.4 Å². The van der Waals surface area contributed by atoms with Crippen LogP contribution in [-0.2, 0) is 4.79 Å². The van der Waals surface area contributed by atoms with Gasteiger partial charge in [-0.1, -0.05) is 36.4 Å². The molecule has 2 amide bonds. The first-order valence-corrected chi connectivity index (χ1v) is 9.27. The molecule has 28 heavy (non-hydrogen) atoms. The fraction of sp³-hybridized carbons (Fsp3) is 0.273. The smallest absolute Gasteiger partial charge is 0.270 e. The van der Waals surface area contributed by atoms with E-state index in [0.29, 0.717) is 24.4 Å². The molecule has 6 nitrogen and oxygen atoms in total. The highest BCUT2D eigenvalue weighted by molar-refractivity contribution is 6.05. The van der Waals surface area contributed by atoms with Crippen LogP contribution in [0.5, 0.6) is 5.75 Å². The van der Waals surface area contributed by atoms with E-state index in [4.69, 9.17) is 4.74 Å². The molecule has 146 valence electrons. The van der Waals surface area contributed by atoms with Gasteiger partial charge in [0.05, 0.1) is 7.11 Å². The Bertz CT molecular complexity index is 856. The van der Waals surface area contributed by atoms with Gasteiger partial charge >= 0.3 is 0 Å². The summed E-state index contributed by atoms with van der Waals surface area (Å²) in [6.45, 7) is 2.86. The Morgan fingerprint density at radius 3 is 2.29 bits per heavy atom. The summed E-state index contributed by atoms with van der Waals surface area (Å²) in [5, 5.41) is 2.80. The van der Waals surface area contributed by atoms with E-state index in [1.54, 1.807) is 42.4 Å². The number of methoxy groups -OCH3 is 1. The van der Waals surface area contributed by atoms with Crippen molar-refractivity contribution in [2.45, 2.75) is 0 Å². The van der Waals surface area contributed by atoms with Crippen molar-refractivity contribution < 1.29 is 14.3 Å². The van der Waals surface area contributed by atoms with Gasteiger partial charge in [-0.3, -0.25) is 9.59 Å². The molecule has 0 atom stereocenters. The lowest BCUT2D eigenvalue weighted by molar-refractivity contribution is -0.128. The molecule has 6 heteroatoms. The van der Waals surface area contributed by atoms with Crippen molar-refractivity contribution >= 4 is 17.9 Å². The highest BCUT2D eigenvalue weighted by Gasteiger charge is 2.24. The summed E-state index contributed by atoms with van der Waals surface area (Å²) in [7, 11) is 3.61. The molecule has 2 aromatic carbocycles. The second kappa shape index (κ2) is 9.19. The Morgan fingerprint density at radius 2 is 1.61 bits per heavy atom. The van der Waals surface area contributed by atoms with E-state index in [1.807, 2.05) is 37.4 Å². The van der Waals surface area contributed by atoms with Crippen molar-refractivity contribution in [1.82, 2.24) is 15.1 Å². The molecule has 0 bridgehead atoms. The van der Waals surface area contributed by atoms with Crippen LogP contribution in [0, 0.1) is 0 Å². The molecule has 0 radical (unpaired) electrons. The van der Waals surface area contributed by atoms with Crippen LogP contribution < -0.4 is 10.1 Å². The van der Waals surface area contributed by atoms with E-state index in [9.17, 15) is 9.59 Å². The number of rotatable bonds is 5. The minimum Gasteiger partial charge on any atom is -0.496 e. The number of para-hydroxylation sites is 1. The van der Waals surface area contributed by atoms with Crippen LogP contribution in [0.25, 0.3) is 6.08 Å². The number of amides is 2. The van der Waals surface area contributed by atoms with Crippen molar-refractivity contribution in [1.29, 1.82) is 0 Å². The molecular formula is C22H25N3O3. The Labute approximate surface area is 165 Å². The average molecular weight is 379 g/mol. The van der Waals surface area contributed by atoms with Gasteiger partial charge in [-0.15, -0.1) is 0 Å². The Kier molecular flexibility index (Phi) is 6.45. The summed E-state index contributed by atoms with van der Waals surface area (Å²) in [5.74, 6) is 0.132. The first-order chi connectivity index (χ1) is 13.6. The number of hydrogen-bond donors (Lipinski definition) is 1. The summed E-state index contributed by atoms with van der Waals surface area (Å²) >= 11 is 0. The molecule has 0 unspecified atom stereocenters. The lowest BCUT2D eigenvalue weighted by atomic mass is 10.1. The number of likely N-dealkylation sites (N-methyl/N-ethyl adjacent to an activating group) is 1. The molecular weight excluding hydrogens is 354 g/mol. The third-order valence-electron chi connectivity index (χ3n) is 4.74. The Morgan fingerprint density at radius 1 is 0.964 bits per heavy atom. The van der Waals surface area contributed by atoms with E-state index >= 15 is 0 Å². The normalized spacial score (nSPS) is 15.2. The molecule has 0 aliphatic carbocycles. The molecule has 1 aliphatic heterocycles.